The lowest BCUT2D eigenvalue weighted by atomic mass is 10.0. The zero-order chi connectivity index (χ0) is 18.1. The monoisotopic (exact) mass is 355 g/mol. The summed E-state index contributed by atoms with van der Waals surface area (Å²) in [4.78, 5) is 28.4. The van der Waals surface area contributed by atoms with Gasteiger partial charge in [0.05, 0.1) is 6.54 Å². The Hall–Kier alpha value is -1.88. The number of aryl methyl sites for hydroxylation is 1. The highest BCUT2D eigenvalue weighted by Crippen LogP contribution is 2.41. The number of likely N-dealkylation sites (tertiary alicyclic amines) is 1. The zero-order valence-corrected chi connectivity index (χ0v) is 15.6. The third-order valence-electron chi connectivity index (χ3n) is 6.15. The van der Waals surface area contributed by atoms with Crippen LogP contribution in [0.5, 0.6) is 0 Å². The second kappa shape index (κ2) is 7.39. The lowest BCUT2D eigenvalue weighted by Gasteiger charge is -2.33. The lowest BCUT2D eigenvalue weighted by Crippen LogP contribution is -2.48. The number of piperidine rings is 1. The first-order valence-electron chi connectivity index (χ1n) is 10.00. The van der Waals surface area contributed by atoms with Crippen LogP contribution in [0.4, 0.5) is 0 Å². The number of hydrogen-bond donors (Lipinski definition) is 1. The number of hydrogen-bond acceptors (Lipinski definition) is 3. The van der Waals surface area contributed by atoms with E-state index in [-0.39, 0.29) is 17.9 Å². The van der Waals surface area contributed by atoms with E-state index in [1.54, 1.807) is 6.92 Å². The van der Waals surface area contributed by atoms with E-state index in [0.29, 0.717) is 18.6 Å². The van der Waals surface area contributed by atoms with Crippen molar-refractivity contribution in [1.82, 2.24) is 15.1 Å². The van der Waals surface area contributed by atoms with Crippen molar-refractivity contribution in [3.8, 4) is 0 Å². The van der Waals surface area contributed by atoms with E-state index in [2.05, 4.69) is 34.5 Å². The molecule has 1 aliphatic heterocycles. The van der Waals surface area contributed by atoms with Gasteiger partial charge in [-0.05, 0) is 49.7 Å². The molecule has 2 aliphatic carbocycles. The Morgan fingerprint density at radius 2 is 1.85 bits per heavy atom. The molecule has 1 saturated carbocycles. The molecule has 2 fully saturated rings. The minimum atomic E-state index is 0.134. The minimum Gasteiger partial charge on any atom is -0.352 e. The topological polar surface area (TPSA) is 52.7 Å². The van der Waals surface area contributed by atoms with Gasteiger partial charge in [-0.15, -0.1) is 0 Å². The standard InChI is InChI=1S/C21H29N3O2/c1-15(25)23-12-10-17(11-13-23)22-21(26)14-24(18-7-8-18)20-9-6-16-4-2-3-5-19(16)20/h2-5,17-18,20H,6-14H2,1H3,(H,22,26). The first kappa shape index (κ1) is 17.5. The highest BCUT2D eigenvalue weighted by atomic mass is 16.2. The molecule has 1 N–H and O–H groups in total. The number of nitrogens with zero attached hydrogens (tertiary/aromatic N) is 2. The molecule has 3 aliphatic rings. The summed E-state index contributed by atoms with van der Waals surface area (Å²) in [5.74, 6) is 0.275. The van der Waals surface area contributed by atoms with Crippen LogP contribution in [0.2, 0.25) is 0 Å². The molecule has 1 saturated heterocycles. The SMILES string of the molecule is CC(=O)N1CCC(NC(=O)CN(C2CC2)C2CCc3ccccc32)CC1. The van der Waals surface area contributed by atoms with Gasteiger partial charge < -0.3 is 10.2 Å². The van der Waals surface area contributed by atoms with Crippen LogP contribution < -0.4 is 5.32 Å². The number of carbonyl (C=O) groups is 2. The molecule has 1 atom stereocenters. The predicted molar refractivity (Wildman–Crippen MR) is 101 cm³/mol. The van der Waals surface area contributed by atoms with E-state index < -0.39 is 0 Å². The summed E-state index contributed by atoms with van der Waals surface area (Å²) >= 11 is 0. The summed E-state index contributed by atoms with van der Waals surface area (Å²) in [5, 5.41) is 3.22. The van der Waals surface area contributed by atoms with Crippen molar-refractivity contribution >= 4 is 11.8 Å². The van der Waals surface area contributed by atoms with Gasteiger partial charge in [-0.25, -0.2) is 0 Å². The Labute approximate surface area is 155 Å². The number of nitrogens with one attached hydrogen (secondary N) is 1. The van der Waals surface area contributed by atoms with Crippen molar-refractivity contribution in [3.63, 3.8) is 0 Å². The largest absolute Gasteiger partial charge is 0.352 e. The highest BCUT2D eigenvalue weighted by Gasteiger charge is 2.38. The Morgan fingerprint density at radius 1 is 1.12 bits per heavy atom. The van der Waals surface area contributed by atoms with Gasteiger partial charge in [0, 0.05) is 38.1 Å². The molecule has 140 valence electrons. The number of carbonyl (C=O) groups excluding carboxylic acids is 2. The van der Waals surface area contributed by atoms with E-state index in [0.717, 1.165) is 38.8 Å². The van der Waals surface area contributed by atoms with Crippen LogP contribution in [-0.4, -0.2) is 53.3 Å². The summed E-state index contributed by atoms with van der Waals surface area (Å²) in [6.45, 7) is 3.62. The molecule has 5 nitrogen and oxygen atoms in total. The van der Waals surface area contributed by atoms with Crippen LogP contribution in [0.15, 0.2) is 24.3 Å². The van der Waals surface area contributed by atoms with E-state index in [1.165, 1.54) is 24.0 Å². The van der Waals surface area contributed by atoms with Gasteiger partial charge in [0.15, 0.2) is 0 Å². The van der Waals surface area contributed by atoms with Crippen LogP contribution in [-0.2, 0) is 16.0 Å². The van der Waals surface area contributed by atoms with Gasteiger partial charge >= 0.3 is 0 Å². The minimum absolute atomic E-state index is 0.134. The van der Waals surface area contributed by atoms with Crippen molar-refractivity contribution in [3.05, 3.63) is 35.4 Å². The molecule has 1 aromatic rings. The fourth-order valence-corrected chi connectivity index (χ4v) is 4.56. The van der Waals surface area contributed by atoms with Crippen LogP contribution in [0, 0.1) is 0 Å². The molecule has 0 radical (unpaired) electrons. The fraction of sp³-hybridized carbons (Fsp3) is 0.619. The maximum Gasteiger partial charge on any atom is 0.234 e. The fourth-order valence-electron chi connectivity index (χ4n) is 4.56. The summed E-state index contributed by atoms with van der Waals surface area (Å²) in [7, 11) is 0. The molecule has 0 bridgehead atoms. The van der Waals surface area contributed by atoms with E-state index in [9.17, 15) is 9.59 Å². The third kappa shape index (κ3) is 3.78. The molecule has 0 spiro atoms. The van der Waals surface area contributed by atoms with Crippen LogP contribution in [0.25, 0.3) is 0 Å². The molecule has 0 aromatic heterocycles. The molecule has 4 rings (SSSR count). The summed E-state index contributed by atoms with van der Waals surface area (Å²) in [6, 6.07) is 9.85. The van der Waals surface area contributed by atoms with Gasteiger partial charge in [0.2, 0.25) is 11.8 Å². The number of rotatable bonds is 5. The van der Waals surface area contributed by atoms with Crippen molar-refractivity contribution in [1.29, 1.82) is 0 Å². The summed E-state index contributed by atoms with van der Waals surface area (Å²) in [5.41, 5.74) is 2.86. The molecular formula is C21H29N3O2. The molecule has 1 heterocycles. The Bertz CT molecular complexity index is 678. The van der Waals surface area contributed by atoms with Gasteiger partial charge in [-0.1, -0.05) is 24.3 Å². The van der Waals surface area contributed by atoms with E-state index in [4.69, 9.17) is 0 Å². The van der Waals surface area contributed by atoms with Crippen LogP contribution >= 0.6 is 0 Å². The second-order valence-electron chi connectivity index (χ2n) is 8.00. The maximum atomic E-state index is 12.7. The van der Waals surface area contributed by atoms with Gasteiger partial charge in [0.25, 0.3) is 0 Å². The van der Waals surface area contributed by atoms with Crippen molar-refractivity contribution in [2.45, 2.75) is 63.6 Å². The quantitative estimate of drug-likeness (QED) is 0.881. The van der Waals surface area contributed by atoms with Crippen molar-refractivity contribution in [2.75, 3.05) is 19.6 Å². The van der Waals surface area contributed by atoms with Gasteiger partial charge in [-0.3, -0.25) is 14.5 Å². The Balaban J connectivity index is 1.35. The first-order chi connectivity index (χ1) is 12.6. The molecule has 1 unspecified atom stereocenters. The molecule has 26 heavy (non-hydrogen) atoms. The summed E-state index contributed by atoms with van der Waals surface area (Å²) in [6.07, 6.45) is 6.39. The predicted octanol–water partition coefficient (Wildman–Crippen LogP) is 2.27. The summed E-state index contributed by atoms with van der Waals surface area (Å²) < 4.78 is 0. The number of fused-ring (bicyclic) bond motifs is 1. The van der Waals surface area contributed by atoms with Crippen molar-refractivity contribution < 1.29 is 9.59 Å². The maximum absolute atomic E-state index is 12.7. The highest BCUT2D eigenvalue weighted by molar-refractivity contribution is 5.78. The average molecular weight is 355 g/mol. The average Bonchev–Trinajstić information content (AvgIpc) is 3.39. The Kier molecular flexibility index (Phi) is 4.98. The molecular weight excluding hydrogens is 326 g/mol. The van der Waals surface area contributed by atoms with Crippen molar-refractivity contribution in [2.24, 2.45) is 0 Å². The first-order valence-corrected chi connectivity index (χ1v) is 10.00. The smallest absolute Gasteiger partial charge is 0.234 e. The zero-order valence-electron chi connectivity index (χ0n) is 15.6. The molecule has 5 heteroatoms. The lowest BCUT2D eigenvalue weighted by molar-refractivity contribution is -0.130. The number of benzene rings is 1. The Morgan fingerprint density at radius 3 is 2.54 bits per heavy atom. The normalized spacial score (nSPS) is 23.2. The van der Waals surface area contributed by atoms with E-state index in [1.807, 2.05) is 4.90 Å². The van der Waals surface area contributed by atoms with E-state index >= 15 is 0 Å². The number of amides is 2. The molecule has 1 aromatic carbocycles. The van der Waals surface area contributed by atoms with Crippen LogP contribution in [0.1, 0.15) is 56.2 Å². The van der Waals surface area contributed by atoms with Crippen LogP contribution in [0.3, 0.4) is 0 Å². The van der Waals surface area contributed by atoms with Gasteiger partial charge in [-0.2, -0.15) is 0 Å². The van der Waals surface area contributed by atoms with Gasteiger partial charge in [0.1, 0.15) is 0 Å². The third-order valence-corrected chi connectivity index (χ3v) is 6.15. The second-order valence-corrected chi connectivity index (χ2v) is 8.00. The molecule has 2 amide bonds.